The van der Waals surface area contributed by atoms with Crippen molar-refractivity contribution in [1.82, 2.24) is 0 Å². The number of benzene rings is 2. The molecule has 0 saturated heterocycles. The van der Waals surface area contributed by atoms with Crippen molar-refractivity contribution < 1.29 is 74.6 Å². The van der Waals surface area contributed by atoms with E-state index < -0.39 is 76.1 Å². The number of thioether (sulfide) groups is 2. The molecule has 2 aromatic rings. The topological polar surface area (TPSA) is 141 Å². The Balaban J connectivity index is 2.05. The molecule has 0 atom stereocenters. The van der Waals surface area contributed by atoms with Crippen LogP contribution in [0.5, 0.6) is 11.5 Å². The molecule has 0 saturated carbocycles. The van der Waals surface area contributed by atoms with E-state index in [0.717, 1.165) is 47.8 Å². The largest absolute Gasteiger partial charge is 0.573 e. The van der Waals surface area contributed by atoms with Crippen LogP contribution in [0.25, 0.3) is 0 Å². The molecule has 2 aromatic carbocycles. The number of hydrogen-bond donors (Lipinski definition) is 0. The van der Waals surface area contributed by atoms with Crippen molar-refractivity contribution in [2.75, 3.05) is 26.1 Å². The van der Waals surface area contributed by atoms with Gasteiger partial charge < -0.3 is 9.47 Å². The molecule has 0 N–H and O–H groups in total. The minimum atomic E-state index is -5.24. The molecule has 0 spiro atoms. The second kappa shape index (κ2) is 14.0. The van der Waals surface area contributed by atoms with Crippen LogP contribution in [-0.4, -0.2) is 55.7 Å². The van der Waals surface area contributed by atoms with Crippen LogP contribution in [0, 0.1) is 0 Å². The minimum Gasteiger partial charge on any atom is -0.404 e. The lowest BCUT2D eigenvalue weighted by Crippen LogP contribution is -2.20. The van der Waals surface area contributed by atoms with Crippen molar-refractivity contribution in [2.24, 2.45) is 0 Å². The summed E-state index contributed by atoms with van der Waals surface area (Å²) in [5.74, 6) is -2.22. The van der Waals surface area contributed by atoms with Crippen molar-refractivity contribution in [3.8, 4) is 11.5 Å². The fraction of sp³-hybridized carbons (Fsp3) is 0.333. The van der Waals surface area contributed by atoms with Crippen LogP contribution in [0.4, 0.5) is 26.3 Å². The molecule has 0 aliphatic rings. The quantitative estimate of drug-likeness (QED) is 0.0829. The predicted octanol–water partition coefficient (Wildman–Crippen LogP) is 5.38. The minimum absolute atomic E-state index is 0.191. The van der Waals surface area contributed by atoms with Crippen LogP contribution >= 0.6 is 31.8 Å². The van der Waals surface area contributed by atoms with Gasteiger partial charge >= 0.3 is 41.2 Å². The highest BCUT2D eigenvalue weighted by atomic mass is 32.2. The Morgan fingerprint density at radius 3 is 1.35 bits per heavy atom. The zero-order valence-corrected chi connectivity index (χ0v) is 24.0. The standard InChI is InChI=1S/C18H17F6O11PS4/c1-37-13-7-3-5-11(34-17(19,20)21)15(13)39(26,27)32-9-30-36(25)31-10-33-40(28,29)16-12(35-18(22,23)24)6-4-8-14(16)38-2/h3-8,36H,9-10H2,1-2H3. The molecule has 11 nitrogen and oxygen atoms in total. The molecule has 0 fully saturated rings. The Labute approximate surface area is 232 Å². The van der Waals surface area contributed by atoms with Crippen LogP contribution in [-0.2, 0) is 42.2 Å². The Morgan fingerprint density at radius 2 is 1.05 bits per heavy atom. The first-order valence-electron chi connectivity index (χ1n) is 9.84. The lowest BCUT2D eigenvalue weighted by Gasteiger charge is -2.16. The van der Waals surface area contributed by atoms with Gasteiger partial charge in [0.1, 0.15) is 9.79 Å². The van der Waals surface area contributed by atoms with Crippen molar-refractivity contribution in [3.05, 3.63) is 36.4 Å². The fourth-order valence-corrected chi connectivity index (χ4v) is 7.25. The smallest absolute Gasteiger partial charge is 0.404 e. The highest BCUT2D eigenvalue weighted by Gasteiger charge is 2.37. The maximum Gasteiger partial charge on any atom is 0.573 e. The first-order valence-corrected chi connectivity index (χ1v) is 16.3. The molecule has 0 unspecified atom stereocenters. The van der Waals surface area contributed by atoms with Crippen LogP contribution < -0.4 is 9.47 Å². The third-order valence-electron chi connectivity index (χ3n) is 4.04. The lowest BCUT2D eigenvalue weighted by atomic mass is 10.3. The molecule has 226 valence electrons. The Morgan fingerprint density at radius 1 is 0.700 bits per heavy atom. The van der Waals surface area contributed by atoms with Crippen molar-refractivity contribution in [3.63, 3.8) is 0 Å². The second-order valence-corrected chi connectivity index (χ2v) is 12.5. The summed E-state index contributed by atoms with van der Waals surface area (Å²) in [5, 5.41) is 0. The normalized spacial score (nSPS) is 13.0. The number of halogens is 6. The van der Waals surface area contributed by atoms with Gasteiger partial charge in [-0.15, -0.1) is 49.9 Å². The van der Waals surface area contributed by atoms with Gasteiger partial charge in [0, 0.05) is 9.79 Å². The molecular formula is C18H17F6O11PS4. The summed E-state index contributed by atoms with van der Waals surface area (Å²) >= 11 is 1.49. The van der Waals surface area contributed by atoms with Crippen molar-refractivity contribution in [1.29, 1.82) is 0 Å². The van der Waals surface area contributed by atoms with E-state index in [1.807, 2.05) is 0 Å². The molecular weight excluding hydrogens is 665 g/mol. The van der Waals surface area contributed by atoms with Gasteiger partial charge in [0.15, 0.2) is 25.1 Å². The molecule has 22 heteroatoms. The van der Waals surface area contributed by atoms with Gasteiger partial charge in [-0.25, -0.2) is 8.37 Å². The fourth-order valence-electron chi connectivity index (χ4n) is 2.65. The molecule has 0 aliphatic heterocycles. The van der Waals surface area contributed by atoms with Crippen LogP contribution in [0.2, 0.25) is 0 Å². The molecule has 0 amide bonds. The monoisotopic (exact) mass is 682 g/mol. The molecule has 0 bridgehead atoms. The summed E-state index contributed by atoms with van der Waals surface area (Å²) in [7, 11) is -13.8. The highest BCUT2D eigenvalue weighted by molar-refractivity contribution is 7.99. The van der Waals surface area contributed by atoms with E-state index in [1.165, 1.54) is 12.5 Å². The number of ether oxygens (including phenoxy) is 2. The van der Waals surface area contributed by atoms with Crippen LogP contribution in [0.3, 0.4) is 0 Å². The van der Waals surface area contributed by atoms with Gasteiger partial charge in [-0.1, -0.05) is 12.1 Å². The van der Waals surface area contributed by atoms with E-state index in [9.17, 15) is 47.7 Å². The van der Waals surface area contributed by atoms with Gasteiger partial charge in [-0.05, 0) is 36.8 Å². The van der Waals surface area contributed by atoms with Gasteiger partial charge in [0.25, 0.3) is 0 Å². The third kappa shape index (κ3) is 10.3. The average Bonchev–Trinajstić information content (AvgIpc) is 2.81. The van der Waals surface area contributed by atoms with Gasteiger partial charge in [0.05, 0.1) is 0 Å². The summed E-state index contributed by atoms with van der Waals surface area (Å²) in [6.45, 7) is -2.72. The van der Waals surface area contributed by atoms with Crippen molar-refractivity contribution >= 4 is 52.0 Å². The van der Waals surface area contributed by atoms with E-state index >= 15 is 0 Å². The molecule has 2 rings (SSSR count). The van der Waals surface area contributed by atoms with E-state index in [2.05, 4.69) is 26.9 Å². The molecule has 0 heterocycles. The van der Waals surface area contributed by atoms with Gasteiger partial charge in [0.2, 0.25) is 0 Å². The van der Waals surface area contributed by atoms with E-state index in [0.29, 0.717) is 12.1 Å². The predicted molar refractivity (Wildman–Crippen MR) is 127 cm³/mol. The number of hydrogen-bond acceptors (Lipinski definition) is 13. The number of alkyl halides is 6. The van der Waals surface area contributed by atoms with Crippen molar-refractivity contribution in [2.45, 2.75) is 32.3 Å². The summed E-state index contributed by atoms with van der Waals surface area (Å²) in [4.78, 5) is -2.38. The Bertz CT molecular complexity index is 1310. The third-order valence-corrected chi connectivity index (χ3v) is 9.22. The molecule has 0 radical (unpaired) electrons. The Kier molecular flexibility index (Phi) is 12.0. The van der Waals surface area contributed by atoms with E-state index in [1.54, 1.807) is 0 Å². The maximum atomic E-state index is 12.7. The summed E-state index contributed by atoms with van der Waals surface area (Å²) in [5.41, 5.74) is 0. The highest BCUT2D eigenvalue weighted by Crippen LogP contribution is 2.39. The summed E-state index contributed by atoms with van der Waals surface area (Å²) in [6.07, 6.45) is -7.77. The number of rotatable bonds is 14. The lowest BCUT2D eigenvalue weighted by molar-refractivity contribution is -0.276. The zero-order valence-electron chi connectivity index (χ0n) is 19.8. The average molecular weight is 683 g/mol. The first kappa shape index (κ1) is 34.5. The van der Waals surface area contributed by atoms with E-state index in [4.69, 9.17) is 0 Å². The summed E-state index contributed by atoms with van der Waals surface area (Å²) < 4.78 is 163. The molecule has 0 aliphatic carbocycles. The second-order valence-electron chi connectivity index (χ2n) is 6.59. The SMILES string of the molecule is CSc1cccc(OC(F)(F)F)c1S(=O)(=O)OCO[PH](=O)OCOS(=O)(=O)c1c(OC(F)(F)F)cccc1SC. The summed E-state index contributed by atoms with van der Waals surface area (Å²) in [6, 6.07) is 5.95. The first-order chi connectivity index (χ1) is 18.4. The Hall–Kier alpha value is -1.71. The van der Waals surface area contributed by atoms with Gasteiger partial charge in [-0.2, -0.15) is 16.8 Å². The molecule has 40 heavy (non-hydrogen) atoms. The zero-order chi connectivity index (χ0) is 30.4. The molecule has 0 aromatic heterocycles. The van der Waals surface area contributed by atoms with Crippen LogP contribution in [0.15, 0.2) is 56.0 Å². The van der Waals surface area contributed by atoms with Gasteiger partial charge in [-0.3, -0.25) is 13.6 Å². The maximum absolute atomic E-state index is 12.7. The van der Waals surface area contributed by atoms with Crippen LogP contribution in [0.1, 0.15) is 0 Å². The van der Waals surface area contributed by atoms with E-state index in [-0.39, 0.29) is 9.79 Å².